The van der Waals surface area contributed by atoms with Crippen molar-refractivity contribution >= 4 is 21.9 Å². The van der Waals surface area contributed by atoms with Gasteiger partial charge in [-0.2, -0.15) is 0 Å². The average molecular weight is 394 g/mol. The molecule has 1 aromatic carbocycles. The SMILES string of the molecule is CC(C)NS(=O)(=O)c1cccc(C(=O)OCC(=O)N(C)Cc2ccco2)c1. The first-order chi connectivity index (χ1) is 12.7. The van der Waals surface area contributed by atoms with Crippen molar-refractivity contribution in [2.45, 2.75) is 31.3 Å². The first-order valence-electron chi connectivity index (χ1n) is 8.25. The third kappa shape index (κ3) is 5.93. The number of hydrogen-bond acceptors (Lipinski definition) is 6. The van der Waals surface area contributed by atoms with Crippen molar-refractivity contribution in [3.8, 4) is 0 Å². The quantitative estimate of drug-likeness (QED) is 0.684. The van der Waals surface area contributed by atoms with Crippen LogP contribution in [0.3, 0.4) is 0 Å². The molecule has 0 unspecified atom stereocenters. The van der Waals surface area contributed by atoms with Crippen LogP contribution in [0.4, 0.5) is 0 Å². The lowest BCUT2D eigenvalue weighted by molar-refractivity contribution is -0.133. The van der Waals surface area contributed by atoms with E-state index in [9.17, 15) is 18.0 Å². The number of rotatable bonds is 8. The van der Waals surface area contributed by atoms with Gasteiger partial charge in [-0.15, -0.1) is 0 Å². The Morgan fingerprint density at radius 1 is 1.22 bits per heavy atom. The predicted molar refractivity (Wildman–Crippen MR) is 97.4 cm³/mol. The topological polar surface area (TPSA) is 106 Å². The van der Waals surface area contributed by atoms with Crippen molar-refractivity contribution in [1.82, 2.24) is 9.62 Å². The van der Waals surface area contributed by atoms with E-state index in [1.807, 2.05) is 0 Å². The van der Waals surface area contributed by atoms with Crippen LogP contribution >= 0.6 is 0 Å². The number of likely N-dealkylation sites (N-methyl/N-ethyl adjacent to an activating group) is 1. The van der Waals surface area contributed by atoms with E-state index in [4.69, 9.17) is 9.15 Å². The second-order valence-electron chi connectivity index (χ2n) is 6.21. The molecule has 0 radical (unpaired) electrons. The van der Waals surface area contributed by atoms with Crippen LogP contribution in [-0.2, 0) is 26.1 Å². The molecule has 146 valence electrons. The molecule has 2 rings (SSSR count). The monoisotopic (exact) mass is 394 g/mol. The number of furan rings is 1. The Morgan fingerprint density at radius 2 is 1.96 bits per heavy atom. The summed E-state index contributed by atoms with van der Waals surface area (Å²) < 4.78 is 37.0. The second-order valence-corrected chi connectivity index (χ2v) is 7.92. The van der Waals surface area contributed by atoms with Crippen LogP contribution in [0.25, 0.3) is 0 Å². The molecule has 0 saturated heterocycles. The predicted octanol–water partition coefficient (Wildman–Crippen LogP) is 1.78. The maximum Gasteiger partial charge on any atom is 0.338 e. The Balaban J connectivity index is 1.98. The molecular formula is C18H22N2O6S. The molecule has 0 atom stereocenters. The zero-order chi connectivity index (χ0) is 20.0. The van der Waals surface area contributed by atoms with Crippen molar-refractivity contribution in [1.29, 1.82) is 0 Å². The van der Waals surface area contributed by atoms with Crippen LogP contribution in [-0.4, -0.2) is 44.9 Å². The summed E-state index contributed by atoms with van der Waals surface area (Å²) in [5.41, 5.74) is 0.0446. The van der Waals surface area contributed by atoms with E-state index in [1.54, 1.807) is 33.0 Å². The number of nitrogens with one attached hydrogen (secondary N) is 1. The Kier molecular flexibility index (Phi) is 6.75. The Labute approximate surface area is 158 Å². The number of amides is 1. The van der Waals surface area contributed by atoms with Crippen molar-refractivity contribution in [3.63, 3.8) is 0 Å². The lowest BCUT2D eigenvalue weighted by atomic mass is 10.2. The standard InChI is InChI=1S/C18H22N2O6S/c1-13(2)19-27(23,24)16-8-4-6-14(10-16)18(22)26-12-17(21)20(3)11-15-7-5-9-25-15/h4-10,13,19H,11-12H2,1-3H3. The molecule has 8 nitrogen and oxygen atoms in total. The molecule has 0 aliphatic heterocycles. The van der Waals surface area contributed by atoms with E-state index in [2.05, 4.69) is 4.72 Å². The summed E-state index contributed by atoms with van der Waals surface area (Å²) in [7, 11) is -2.17. The van der Waals surface area contributed by atoms with Crippen molar-refractivity contribution in [2.24, 2.45) is 0 Å². The normalized spacial score (nSPS) is 11.4. The fraction of sp³-hybridized carbons (Fsp3) is 0.333. The van der Waals surface area contributed by atoms with Gasteiger partial charge in [0.1, 0.15) is 5.76 Å². The largest absolute Gasteiger partial charge is 0.467 e. The van der Waals surface area contributed by atoms with Crippen LogP contribution in [0.5, 0.6) is 0 Å². The Morgan fingerprint density at radius 3 is 2.59 bits per heavy atom. The molecule has 0 saturated carbocycles. The number of sulfonamides is 1. The maximum atomic E-state index is 12.2. The van der Waals surface area contributed by atoms with Crippen LogP contribution in [0.1, 0.15) is 30.0 Å². The highest BCUT2D eigenvalue weighted by Crippen LogP contribution is 2.13. The third-order valence-corrected chi connectivity index (χ3v) is 5.15. The van der Waals surface area contributed by atoms with Gasteiger partial charge >= 0.3 is 5.97 Å². The van der Waals surface area contributed by atoms with Crippen LogP contribution in [0.2, 0.25) is 0 Å². The molecule has 0 aliphatic rings. The van der Waals surface area contributed by atoms with Gasteiger partial charge in [-0.05, 0) is 44.2 Å². The second kappa shape index (κ2) is 8.83. The van der Waals surface area contributed by atoms with Crippen molar-refractivity contribution in [2.75, 3.05) is 13.7 Å². The summed E-state index contributed by atoms with van der Waals surface area (Å²) >= 11 is 0. The summed E-state index contributed by atoms with van der Waals surface area (Å²) in [6.45, 7) is 3.18. The molecular weight excluding hydrogens is 372 g/mol. The van der Waals surface area contributed by atoms with Crippen molar-refractivity contribution in [3.05, 3.63) is 54.0 Å². The van der Waals surface area contributed by atoms with Crippen molar-refractivity contribution < 1.29 is 27.2 Å². The summed E-state index contributed by atoms with van der Waals surface area (Å²) in [5.74, 6) is -0.589. The zero-order valence-corrected chi connectivity index (χ0v) is 16.2. The fourth-order valence-corrected chi connectivity index (χ4v) is 3.51. The number of nitrogens with zero attached hydrogens (tertiary/aromatic N) is 1. The number of carbonyl (C=O) groups is 2. The van der Waals surface area contributed by atoms with Crippen LogP contribution in [0, 0.1) is 0 Å². The Hall–Kier alpha value is -2.65. The summed E-state index contributed by atoms with van der Waals surface area (Å²) in [6.07, 6.45) is 1.50. The molecule has 0 fully saturated rings. The van der Waals surface area contributed by atoms with E-state index in [0.717, 1.165) is 0 Å². The molecule has 9 heteroatoms. The highest BCUT2D eigenvalue weighted by Gasteiger charge is 2.19. The third-order valence-electron chi connectivity index (χ3n) is 3.50. The van der Waals surface area contributed by atoms with Crippen LogP contribution < -0.4 is 4.72 Å². The zero-order valence-electron chi connectivity index (χ0n) is 15.3. The smallest absolute Gasteiger partial charge is 0.338 e. The first kappa shape index (κ1) is 20.7. The fourth-order valence-electron chi connectivity index (χ4n) is 2.21. The summed E-state index contributed by atoms with van der Waals surface area (Å²) in [6, 6.07) is 8.61. The molecule has 0 bridgehead atoms. The van der Waals surface area contributed by atoms with Gasteiger partial charge in [0.2, 0.25) is 10.0 Å². The molecule has 1 heterocycles. The summed E-state index contributed by atoms with van der Waals surface area (Å²) in [4.78, 5) is 25.5. The van der Waals surface area contributed by atoms with Gasteiger partial charge in [0.05, 0.1) is 23.3 Å². The minimum absolute atomic E-state index is 0.0446. The highest BCUT2D eigenvalue weighted by atomic mass is 32.2. The van der Waals surface area contributed by atoms with Gasteiger partial charge in [-0.1, -0.05) is 6.07 Å². The minimum Gasteiger partial charge on any atom is -0.467 e. The summed E-state index contributed by atoms with van der Waals surface area (Å²) in [5, 5.41) is 0. The number of esters is 1. The minimum atomic E-state index is -3.73. The lowest BCUT2D eigenvalue weighted by Gasteiger charge is -2.15. The molecule has 1 amide bonds. The van der Waals surface area contributed by atoms with E-state index >= 15 is 0 Å². The number of carbonyl (C=O) groups excluding carboxylic acids is 2. The highest BCUT2D eigenvalue weighted by molar-refractivity contribution is 7.89. The van der Waals surface area contributed by atoms with Gasteiger partial charge in [0.25, 0.3) is 5.91 Å². The molecule has 0 aliphatic carbocycles. The van der Waals surface area contributed by atoms with Gasteiger partial charge in [0.15, 0.2) is 6.61 Å². The molecule has 1 aromatic heterocycles. The van der Waals surface area contributed by atoms with E-state index in [1.165, 1.54) is 35.4 Å². The first-order valence-corrected chi connectivity index (χ1v) is 9.73. The lowest BCUT2D eigenvalue weighted by Crippen LogP contribution is -2.31. The number of hydrogen-bond donors (Lipinski definition) is 1. The molecule has 0 spiro atoms. The van der Waals surface area contributed by atoms with Gasteiger partial charge in [0, 0.05) is 13.1 Å². The molecule has 2 aromatic rings. The van der Waals surface area contributed by atoms with Gasteiger partial charge < -0.3 is 14.1 Å². The average Bonchev–Trinajstić information content (AvgIpc) is 3.11. The maximum absolute atomic E-state index is 12.2. The van der Waals surface area contributed by atoms with Gasteiger partial charge in [-0.3, -0.25) is 4.79 Å². The van der Waals surface area contributed by atoms with Gasteiger partial charge in [-0.25, -0.2) is 17.9 Å². The number of ether oxygens (including phenoxy) is 1. The van der Waals surface area contributed by atoms with E-state index in [0.29, 0.717) is 5.76 Å². The molecule has 27 heavy (non-hydrogen) atoms. The number of benzene rings is 1. The molecule has 1 N–H and O–H groups in total. The van der Waals surface area contributed by atoms with Crippen LogP contribution in [0.15, 0.2) is 52.0 Å². The van der Waals surface area contributed by atoms with E-state index < -0.39 is 28.5 Å². The Bertz CT molecular complexity index is 890. The van der Waals surface area contributed by atoms with E-state index in [-0.39, 0.29) is 23.0 Å².